The largest absolute Gasteiger partial charge is 0.480 e. The van der Waals surface area contributed by atoms with Crippen LogP contribution in [0.15, 0.2) is 0 Å². The average Bonchev–Trinajstić information content (AvgIpc) is 2.24. The van der Waals surface area contributed by atoms with Crippen LogP contribution in [0, 0.1) is 0 Å². The van der Waals surface area contributed by atoms with Gasteiger partial charge >= 0.3 is 5.97 Å². The fraction of sp³-hybridized carbons (Fsp3) is 0.923. The molecule has 2 unspecified atom stereocenters. The van der Waals surface area contributed by atoms with E-state index >= 15 is 0 Å². The number of ether oxygens (including phenoxy) is 2. The normalized spacial score (nSPS) is 16.6. The second-order valence-electron chi connectivity index (χ2n) is 4.97. The summed E-state index contributed by atoms with van der Waals surface area (Å²) in [5.41, 5.74) is -0.937. The molecule has 2 atom stereocenters. The number of carbonyl (C=O) groups is 1. The van der Waals surface area contributed by atoms with E-state index in [4.69, 9.17) is 9.47 Å². The van der Waals surface area contributed by atoms with Gasteiger partial charge in [0.1, 0.15) is 5.54 Å². The number of hydrogen-bond acceptors (Lipinski definition) is 4. The van der Waals surface area contributed by atoms with E-state index in [1.807, 2.05) is 27.7 Å². The highest BCUT2D eigenvalue weighted by atomic mass is 16.5. The SMILES string of the molecule is CCNC(C)(CC(C)OCCOC(C)C)C(=O)O. The van der Waals surface area contributed by atoms with Gasteiger partial charge in [-0.3, -0.25) is 4.79 Å². The lowest BCUT2D eigenvalue weighted by Gasteiger charge is -2.28. The molecule has 0 aliphatic carbocycles. The highest BCUT2D eigenvalue weighted by molar-refractivity contribution is 5.78. The Morgan fingerprint density at radius 1 is 1.28 bits per heavy atom. The first kappa shape index (κ1) is 17.4. The first-order chi connectivity index (χ1) is 8.31. The molecular formula is C13H27NO4. The number of rotatable bonds is 10. The molecule has 0 aromatic heterocycles. The summed E-state index contributed by atoms with van der Waals surface area (Å²) in [6.45, 7) is 11.0. The fourth-order valence-electron chi connectivity index (χ4n) is 1.79. The van der Waals surface area contributed by atoms with Gasteiger partial charge < -0.3 is 19.9 Å². The van der Waals surface area contributed by atoms with Gasteiger partial charge in [0, 0.05) is 6.42 Å². The third kappa shape index (κ3) is 6.93. The third-order valence-electron chi connectivity index (χ3n) is 2.67. The number of carboxylic acids is 1. The summed E-state index contributed by atoms with van der Waals surface area (Å²) < 4.78 is 10.9. The lowest BCUT2D eigenvalue weighted by Crippen LogP contribution is -2.51. The predicted octanol–water partition coefficient (Wildman–Crippen LogP) is 1.66. The summed E-state index contributed by atoms with van der Waals surface area (Å²) >= 11 is 0. The van der Waals surface area contributed by atoms with Gasteiger partial charge in [-0.25, -0.2) is 0 Å². The lowest BCUT2D eigenvalue weighted by atomic mass is 9.95. The van der Waals surface area contributed by atoms with E-state index in [1.165, 1.54) is 0 Å². The minimum Gasteiger partial charge on any atom is -0.480 e. The maximum Gasteiger partial charge on any atom is 0.323 e. The molecule has 0 saturated heterocycles. The van der Waals surface area contributed by atoms with Gasteiger partial charge in [-0.1, -0.05) is 6.92 Å². The van der Waals surface area contributed by atoms with Crippen molar-refractivity contribution < 1.29 is 19.4 Å². The summed E-state index contributed by atoms with van der Waals surface area (Å²) in [7, 11) is 0. The van der Waals surface area contributed by atoms with Gasteiger partial charge in [-0.15, -0.1) is 0 Å². The van der Waals surface area contributed by atoms with Crippen molar-refractivity contribution >= 4 is 5.97 Å². The van der Waals surface area contributed by atoms with E-state index in [2.05, 4.69) is 5.32 Å². The summed E-state index contributed by atoms with van der Waals surface area (Å²) in [5, 5.41) is 12.2. The molecule has 108 valence electrons. The molecule has 0 rings (SSSR count). The maximum absolute atomic E-state index is 11.2. The van der Waals surface area contributed by atoms with Crippen LogP contribution < -0.4 is 5.32 Å². The lowest BCUT2D eigenvalue weighted by molar-refractivity contribution is -0.146. The number of nitrogens with one attached hydrogen (secondary N) is 1. The van der Waals surface area contributed by atoms with Crippen molar-refractivity contribution in [2.75, 3.05) is 19.8 Å². The Bertz CT molecular complexity index is 245. The van der Waals surface area contributed by atoms with Crippen LogP contribution in [0.5, 0.6) is 0 Å². The van der Waals surface area contributed by atoms with E-state index in [0.717, 1.165) is 0 Å². The van der Waals surface area contributed by atoms with Crippen LogP contribution in [0.3, 0.4) is 0 Å². The first-order valence-electron chi connectivity index (χ1n) is 6.53. The Balaban J connectivity index is 4.03. The van der Waals surface area contributed by atoms with Gasteiger partial charge in [0.2, 0.25) is 0 Å². The smallest absolute Gasteiger partial charge is 0.323 e. The highest BCUT2D eigenvalue weighted by Gasteiger charge is 2.33. The van der Waals surface area contributed by atoms with Crippen LogP contribution >= 0.6 is 0 Å². The first-order valence-corrected chi connectivity index (χ1v) is 6.53. The van der Waals surface area contributed by atoms with E-state index in [-0.39, 0.29) is 12.2 Å². The number of hydrogen-bond donors (Lipinski definition) is 2. The van der Waals surface area contributed by atoms with Crippen molar-refractivity contribution in [3.05, 3.63) is 0 Å². The molecule has 0 aliphatic rings. The molecule has 0 spiro atoms. The summed E-state index contributed by atoms with van der Waals surface area (Å²) in [6, 6.07) is 0. The van der Waals surface area contributed by atoms with Crippen LogP contribution in [0.2, 0.25) is 0 Å². The van der Waals surface area contributed by atoms with Crippen molar-refractivity contribution in [3.63, 3.8) is 0 Å². The molecule has 0 aromatic rings. The van der Waals surface area contributed by atoms with Crippen LogP contribution in [0.1, 0.15) is 41.0 Å². The monoisotopic (exact) mass is 261 g/mol. The van der Waals surface area contributed by atoms with Gasteiger partial charge in [0.25, 0.3) is 0 Å². The molecular weight excluding hydrogens is 234 g/mol. The second kappa shape index (κ2) is 8.45. The fourth-order valence-corrected chi connectivity index (χ4v) is 1.79. The Morgan fingerprint density at radius 2 is 1.83 bits per heavy atom. The topological polar surface area (TPSA) is 67.8 Å². The number of carboxylic acid groups (broad SMARTS) is 1. The highest BCUT2D eigenvalue weighted by Crippen LogP contribution is 2.15. The van der Waals surface area contributed by atoms with Gasteiger partial charge in [-0.2, -0.15) is 0 Å². The number of aliphatic carboxylic acids is 1. The van der Waals surface area contributed by atoms with Crippen molar-refractivity contribution in [1.82, 2.24) is 5.32 Å². The quantitative estimate of drug-likeness (QED) is 0.585. The van der Waals surface area contributed by atoms with Gasteiger partial charge in [0.05, 0.1) is 25.4 Å². The standard InChI is InChI=1S/C13H27NO4/c1-6-14-13(5,12(15)16)9-11(4)18-8-7-17-10(2)3/h10-11,14H,6-9H2,1-5H3,(H,15,16). The molecule has 0 radical (unpaired) electrons. The van der Waals surface area contributed by atoms with E-state index in [1.54, 1.807) is 6.92 Å². The zero-order valence-corrected chi connectivity index (χ0v) is 12.2. The van der Waals surface area contributed by atoms with Crippen molar-refractivity contribution in [2.24, 2.45) is 0 Å². The van der Waals surface area contributed by atoms with Crippen LogP contribution in [0.4, 0.5) is 0 Å². The summed E-state index contributed by atoms with van der Waals surface area (Å²) in [4.78, 5) is 11.2. The minimum absolute atomic E-state index is 0.124. The Labute approximate surface area is 110 Å². The van der Waals surface area contributed by atoms with Crippen LogP contribution in [-0.4, -0.2) is 48.6 Å². The van der Waals surface area contributed by atoms with Crippen molar-refractivity contribution in [3.8, 4) is 0 Å². The minimum atomic E-state index is -0.937. The molecule has 0 fully saturated rings. The van der Waals surface area contributed by atoms with Crippen LogP contribution in [-0.2, 0) is 14.3 Å². The van der Waals surface area contributed by atoms with E-state index in [9.17, 15) is 9.90 Å². The van der Waals surface area contributed by atoms with Gasteiger partial charge in [0.15, 0.2) is 0 Å². The molecule has 5 nitrogen and oxygen atoms in total. The Hall–Kier alpha value is -0.650. The van der Waals surface area contributed by atoms with Crippen LogP contribution in [0.25, 0.3) is 0 Å². The van der Waals surface area contributed by atoms with E-state index < -0.39 is 11.5 Å². The number of likely N-dealkylation sites (N-methyl/N-ethyl adjacent to an activating group) is 1. The molecule has 0 bridgehead atoms. The molecule has 2 N–H and O–H groups in total. The zero-order chi connectivity index (χ0) is 14.2. The average molecular weight is 261 g/mol. The van der Waals surface area contributed by atoms with Crippen molar-refractivity contribution in [1.29, 1.82) is 0 Å². The summed E-state index contributed by atoms with van der Waals surface area (Å²) in [5.74, 6) is -0.849. The molecule has 0 aromatic carbocycles. The van der Waals surface area contributed by atoms with Gasteiger partial charge in [-0.05, 0) is 34.2 Å². The molecule has 5 heteroatoms. The van der Waals surface area contributed by atoms with Crippen molar-refractivity contribution in [2.45, 2.75) is 58.8 Å². The predicted molar refractivity (Wildman–Crippen MR) is 70.8 cm³/mol. The Kier molecular flexibility index (Phi) is 8.15. The molecule has 0 aliphatic heterocycles. The zero-order valence-electron chi connectivity index (χ0n) is 12.2. The molecule has 0 amide bonds. The third-order valence-corrected chi connectivity index (χ3v) is 2.67. The van der Waals surface area contributed by atoms with E-state index in [0.29, 0.717) is 26.2 Å². The maximum atomic E-state index is 11.2. The molecule has 18 heavy (non-hydrogen) atoms. The Morgan fingerprint density at radius 3 is 2.28 bits per heavy atom. The summed E-state index contributed by atoms with van der Waals surface area (Å²) in [6.07, 6.45) is 0.494. The molecule has 0 heterocycles. The second-order valence-corrected chi connectivity index (χ2v) is 4.97. The molecule has 0 saturated carbocycles.